The van der Waals surface area contributed by atoms with Crippen LogP contribution in [-0.2, 0) is 9.59 Å². The van der Waals surface area contributed by atoms with E-state index in [9.17, 15) is 14.4 Å². The lowest BCUT2D eigenvalue weighted by molar-refractivity contribution is -0.122. The molecular weight excluding hydrogens is 320 g/mol. The van der Waals surface area contributed by atoms with Gasteiger partial charge in [0.25, 0.3) is 11.8 Å². The normalized spacial score (nSPS) is 16.2. The second kappa shape index (κ2) is 6.56. The molecular formula is C18H16N4O3. The molecule has 25 heavy (non-hydrogen) atoms. The molecule has 0 unspecified atom stereocenters. The third-order valence-electron chi connectivity index (χ3n) is 3.73. The van der Waals surface area contributed by atoms with Crippen LogP contribution in [0.2, 0.25) is 0 Å². The van der Waals surface area contributed by atoms with Crippen molar-refractivity contribution < 1.29 is 14.4 Å². The van der Waals surface area contributed by atoms with E-state index in [1.807, 2.05) is 31.1 Å². The van der Waals surface area contributed by atoms with Gasteiger partial charge in [0.2, 0.25) is 0 Å². The number of aromatic nitrogens is 1. The van der Waals surface area contributed by atoms with Crippen molar-refractivity contribution in [1.29, 1.82) is 0 Å². The Bertz CT molecular complexity index is 858. The Morgan fingerprint density at radius 3 is 2.40 bits per heavy atom. The number of barbiturate groups is 1. The van der Waals surface area contributed by atoms with Crippen molar-refractivity contribution in [3.63, 3.8) is 0 Å². The summed E-state index contributed by atoms with van der Waals surface area (Å²) in [5.74, 6) is -1.40. The van der Waals surface area contributed by atoms with E-state index in [1.54, 1.807) is 24.3 Å². The minimum absolute atomic E-state index is 0.110. The van der Waals surface area contributed by atoms with Crippen LogP contribution in [0, 0.1) is 0 Å². The molecule has 2 heterocycles. The second-order valence-electron chi connectivity index (χ2n) is 5.66. The lowest BCUT2D eigenvalue weighted by atomic mass is 10.1. The topological polar surface area (TPSA) is 82.6 Å². The van der Waals surface area contributed by atoms with E-state index in [0.29, 0.717) is 11.3 Å². The Balaban J connectivity index is 1.96. The van der Waals surface area contributed by atoms with Gasteiger partial charge in [0.15, 0.2) is 0 Å². The molecule has 126 valence electrons. The molecule has 1 aliphatic rings. The van der Waals surface area contributed by atoms with Crippen molar-refractivity contribution in [3.05, 3.63) is 59.9 Å². The average Bonchev–Trinajstić information content (AvgIpc) is 2.60. The van der Waals surface area contributed by atoms with Gasteiger partial charge < -0.3 is 4.90 Å². The smallest absolute Gasteiger partial charge is 0.336 e. The fourth-order valence-electron chi connectivity index (χ4n) is 2.41. The molecule has 1 aromatic heterocycles. The standard InChI is InChI=1S/C18H16N4O3/c1-21(2)13-7-5-12(6-8-13)10-15-16(23)20-18(25)22(17(15)24)14-4-3-9-19-11-14/h3-11H,1-2H3,(H,20,23,25)/b15-10-. The van der Waals surface area contributed by atoms with Crippen LogP contribution in [0.3, 0.4) is 0 Å². The minimum atomic E-state index is -0.789. The molecule has 1 N–H and O–H groups in total. The molecule has 2 aromatic rings. The van der Waals surface area contributed by atoms with E-state index in [0.717, 1.165) is 10.6 Å². The largest absolute Gasteiger partial charge is 0.378 e. The summed E-state index contributed by atoms with van der Waals surface area (Å²) >= 11 is 0. The maximum absolute atomic E-state index is 12.7. The molecule has 1 fully saturated rings. The van der Waals surface area contributed by atoms with Crippen molar-refractivity contribution in [3.8, 4) is 0 Å². The molecule has 0 bridgehead atoms. The van der Waals surface area contributed by atoms with Crippen LogP contribution in [0.4, 0.5) is 16.2 Å². The Morgan fingerprint density at radius 2 is 1.80 bits per heavy atom. The summed E-state index contributed by atoms with van der Waals surface area (Å²) < 4.78 is 0. The summed E-state index contributed by atoms with van der Waals surface area (Å²) in [5, 5.41) is 2.18. The minimum Gasteiger partial charge on any atom is -0.378 e. The van der Waals surface area contributed by atoms with Gasteiger partial charge in [-0.05, 0) is 35.9 Å². The van der Waals surface area contributed by atoms with E-state index in [4.69, 9.17) is 0 Å². The molecule has 0 saturated carbocycles. The van der Waals surface area contributed by atoms with Crippen LogP contribution in [0.15, 0.2) is 54.4 Å². The van der Waals surface area contributed by atoms with E-state index < -0.39 is 17.8 Å². The first-order valence-electron chi connectivity index (χ1n) is 7.56. The van der Waals surface area contributed by atoms with Gasteiger partial charge >= 0.3 is 6.03 Å². The number of rotatable bonds is 3. The summed E-state index contributed by atoms with van der Waals surface area (Å²) in [6, 6.07) is 9.74. The van der Waals surface area contributed by atoms with E-state index in [2.05, 4.69) is 10.3 Å². The molecule has 3 rings (SSSR count). The van der Waals surface area contributed by atoms with Gasteiger partial charge in [-0.25, -0.2) is 9.69 Å². The molecule has 1 saturated heterocycles. The lowest BCUT2D eigenvalue weighted by Crippen LogP contribution is -2.54. The van der Waals surface area contributed by atoms with E-state index in [-0.39, 0.29) is 5.57 Å². The van der Waals surface area contributed by atoms with Crippen molar-refractivity contribution in [1.82, 2.24) is 10.3 Å². The third-order valence-corrected chi connectivity index (χ3v) is 3.73. The summed E-state index contributed by atoms with van der Waals surface area (Å²) in [5.41, 5.74) is 1.87. The zero-order valence-corrected chi connectivity index (χ0v) is 13.8. The van der Waals surface area contributed by atoms with Crippen LogP contribution in [0.5, 0.6) is 0 Å². The number of carbonyl (C=O) groups excluding carboxylic acids is 3. The first-order chi connectivity index (χ1) is 12.0. The number of nitrogens with one attached hydrogen (secondary N) is 1. The summed E-state index contributed by atoms with van der Waals surface area (Å²) in [7, 11) is 3.84. The van der Waals surface area contributed by atoms with Crippen molar-refractivity contribution >= 4 is 35.3 Å². The average molecular weight is 336 g/mol. The molecule has 0 spiro atoms. The Hall–Kier alpha value is -3.48. The number of hydrogen-bond acceptors (Lipinski definition) is 5. The van der Waals surface area contributed by atoms with Crippen molar-refractivity contribution in [2.75, 3.05) is 23.9 Å². The number of anilines is 2. The number of hydrogen-bond donors (Lipinski definition) is 1. The van der Waals surface area contributed by atoms with Crippen molar-refractivity contribution in [2.24, 2.45) is 0 Å². The van der Waals surface area contributed by atoms with Gasteiger partial charge in [0, 0.05) is 26.0 Å². The zero-order valence-electron chi connectivity index (χ0n) is 13.8. The number of carbonyl (C=O) groups is 3. The summed E-state index contributed by atoms with van der Waals surface area (Å²) in [4.78, 5) is 43.6. The molecule has 0 radical (unpaired) electrons. The highest BCUT2D eigenvalue weighted by Gasteiger charge is 2.36. The molecule has 7 heteroatoms. The molecule has 0 atom stereocenters. The quantitative estimate of drug-likeness (QED) is 0.683. The predicted octanol–water partition coefficient (Wildman–Crippen LogP) is 1.81. The summed E-state index contributed by atoms with van der Waals surface area (Å²) in [6.07, 6.45) is 4.38. The van der Waals surface area contributed by atoms with E-state index in [1.165, 1.54) is 18.5 Å². The van der Waals surface area contributed by atoms with Gasteiger partial charge in [-0.15, -0.1) is 0 Å². The lowest BCUT2D eigenvalue weighted by Gasteiger charge is -2.26. The molecule has 0 aliphatic carbocycles. The predicted molar refractivity (Wildman–Crippen MR) is 94.0 cm³/mol. The monoisotopic (exact) mass is 336 g/mol. The van der Waals surface area contributed by atoms with Gasteiger partial charge in [0.1, 0.15) is 5.57 Å². The molecule has 1 aromatic carbocycles. The van der Waals surface area contributed by atoms with E-state index >= 15 is 0 Å². The summed E-state index contributed by atoms with van der Waals surface area (Å²) in [6.45, 7) is 0. The highest BCUT2D eigenvalue weighted by atomic mass is 16.2. The number of benzene rings is 1. The van der Waals surface area contributed by atoms with Crippen molar-refractivity contribution in [2.45, 2.75) is 0 Å². The Kier molecular flexibility index (Phi) is 4.30. The van der Waals surface area contributed by atoms with Crippen LogP contribution in [0.25, 0.3) is 6.08 Å². The second-order valence-corrected chi connectivity index (χ2v) is 5.66. The first kappa shape index (κ1) is 16.4. The van der Waals surface area contributed by atoms with Crippen LogP contribution < -0.4 is 15.1 Å². The van der Waals surface area contributed by atoms with Crippen LogP contribution >= 0.6 is 0 Å². The molecule has 7 nitrogen and oxygen atoms in total. The first-order valence-corrected chi connectivity index (χ1v) is 7.56. The highest BCUT2D eigenvalue weighted by Crippen LogP contribution is 2.21. The van der Waals surface area contributed by atoms with Crippen LogP contribution in [0.1, 0.15) is 5.56 Å². The number of imide groups is 2. The van der Waals surface area contributed by atoms with Gasteiger partial charge in [-0.3, -0.25) is 19.9 Å². The van der Waals surface area contributed by atoms with Gasteiger partial charge in [-0.2, -0.15) is 0 Å². The number of urea groups is 1. The fraction of sp³-hybridized carbons (Fsp3) is 0.111. The SMILES string of the molecule is CN(C)c1ccc(/C=C2/C(=O)NC(=O)N(c3cccnc3)C2=O)cc1. The third kappa shape index (κ3) is 3.25. The number of amides is 4. The number of pyridine rings is 1. The molecule has 4 amide bonds. The van der Waals surface area contributed by atoms with Crippen LogP contribution in [-0.4, -0.2) is 36.9 Å². The molecule has 1 aliphatic heterocycles. The van der Waals surface area contributed by atoms with Gasteiger partial charge in [-0.1, -0.05) is 12.1 Å². The highest BCUT2D eigenvalue weighted by molar-refractivity contribution is 6.39. The zero-order chi connectivity index (χ0) is 18.0. The Labute approximate surface area is 144 Å². The Morgan fingerprint density at radius 1 is 1.08 bits per heavy atom. The number of nitrogens with zero attached hydrogens (tertiary/aromatic N) is 3. The maximum Gasteiger partial charge on any atom is 0.336 e. The van der Waals surface area contributed by atoms with Gasteiger partial charge in [0.05, 0.1) is 11.9 Å². The maximum atomic E-state index is 12.7. The fourth-order valence-corrected chi connectivity index (χ4v) is 2.41.